The predicted octanol–water partition coefficient (Wildman–Crippen LogP) is 1.93. The number of carboxylic acids is 1. The molecule has 5 nitrogen and oxygen atoms in total. The Hall–Kier alpha value is -1.88. The number of hydrogen-bond acceptors (Lipinski definition) is 3. The number of aromatic nitrogens is 2. The van der Waals surface area contributed by atoms with Crippen molar-refractivity contribution in [3.05, 3.63) is 35.8 Å². The van der Waals surface area contributed by atoms with Gasteiger partial charge in [-0.25, -0.2) is 9.78 Å². The van der Waals surface area contributed by atoms with Gasteiger partial charge >= 0.3 is 5.97 Å². The van der Waals surface area contributed by atoms with E-state index in [1.807, 2.05) is 18.2 Å². The lowest BCUT2D eigenvalue weighted by atomic mass is 9.95. The molecule has 0 bridgehead atoms. The third-order valence-electron chi connectivity index (χ3n) is 3.37. The summed E-state index contributed by atoms with van der Waals surface area (Å²) < 4.78 is 6.96. The molecule has 1 fully saturated rings. The van der Waals surface area contributed by atoms with Gasteiger partial charge in [-0.05, 0) is 25.0 Å². The van der Waals surface area contributed by atoms with Gasteiger partial charge in [-0.1, -0.05) is 6.07 Å². The largest absolute Gasteiger partial charge is 0.477 e. The predicted molar refractivity (Wildman–Crippen MR) is 64.9 cm³/mol. The van der Waals surface area contributed by atoms with Crippen molar-refractivity contribution < 1.29 is 14.6 Å². The minimum Gasteiger partial charge on any atom is -0.477 e. The van der Waals surface area contributed by atoms with Crippen LogP contribution in [0, 0.1) is 0 Å². The summed E-state index contributed by atoms with van der Waals surface area (Å²) in [5.74, 6) is -0.736. The van der Waals surface area contributed by atoms with E-state index in [2.05, 4.69) is 4.98 Å². The lowest BCUT2D eigenvalue weighted by Crippen LogP contribution is -2.17. The molecule has 3 heterocycles. The summed E-state index contributed by atoms with van der Waals surface area (Å²) in [4.78, 5) is 15.9. The van der Waals surface area contributed by atoms with Crippen LogP contribution in [0.3, 0.4) is 0 Å². The number of imidazole rings is 1. The summed E-state index contributed by atoms with van der Waals surface area (Å²) in [6.45, 7) is 1.36. The smallest absolute Gasteiger partial charge is 0.354 e. The first kappa shape index (κ1) is 11.2. The molecule has 0 saturated carbocycles. The van der Waals surface area contributed by atoms with Gasteiger partial charge in [0.15, 0.2) is 5.69 Å². The Labute approximate surface area is 104 Å². The minimum absolute atomic E-state index is 0.185. The van der Waals surface area contributed by atoms with Crippen molar-refractivity contribution in [2.75, 3.05) is 13.2 Å². The highest BCUT2D eigenvalue weighted by Crippen LogP contribution is 2.29. The van der Waals surface area contributed by atoms with Gasteiger partial charge < -0.3 is 9.84 Å². The van der Waals surface area contributed by atoms with E-state index in [1.165, 1.54) is 0 Å². The van der Waals surface area contributed by atoms with Crippen LogP contribution >= 0.6 is 0 Å². The van der Waals surface area contributed by atoms with Gasteiger partial charge in [0, 0.05) is 25.3 Å². The van der Waals surface area contributed by atoms with Gasteiger partial charge in [0.05, 0.1) is 5.69 Å². The normalized spacial score (nSPS) is 17.1. The molecule has 5 heteroatoms. The summed E-state index contributed by atoms with van der Waals surface area (Å²) in [7, 11) is 0. The van der Waals surface area contributed by atoms with Crippen LogP contribution in [-0.4, -0.2) is 33.7 Å². The van der Waals surface area contributed by atoms with E-state index in [9.17, 15) is 9.90 Å². The number of aromatic carboxylic acids is 1. The Morgan fingerprint density at radius 1 is 1.39 bits per heavy atom. The van der Waals surface area contributed by atoms with Crippen molar-refractivity contribution in [3.63, 3.8) is 0 Å². The van der Waals surface area contributed by atoms with Crippen LogP contribution in [0.1, 0.15) is 34.9 Å². The summed E-state index contributed by atoms with van der Waals surface area (Å²) in [6.07, 6.45) is 3.42. The molecular weight excluding hydrogens is 232 g/mol. The van der Waals surface area contributed by atoms with Gasteiger partial charge in [-0.15, -0.1) is 0 Å². The van der Waals surface area contributed by atoms with Crippen LogP contribution in [0.25, 0.3) is 5.65 Å². The Kier molecular flexibility index (Phi) is 2.76. The fourth-order valence-electron chi connectivity index (χ4n) is 2.48. The lowest BCUT2D eigenvalue weighted by molar-refractivity contribution is 0.0676. The zero-order valence-corrected chi connectivity index (χ0v) is 9.87. The standard InChI is InChI=1S/C13H14N2O3/c16-13(17)12-11(9-4-7-18-8-5-9)14-10-3-1-2-6-15(10)12/h1-3,6,9H,4-5,7-8H2,(H,16,17). The van der Waals surface area contributed by atoms with Gasteiger partial charge in [-0.2, -0.15) is 0 Å². The average Bonchev–Trinajstić information content (AvgIpc) is 2.79. The molecule has 1 aliphatic rings. The molecule has 0 radical (unpaired) electrons. The van der Waals surface area contributed by atoms with Crippen LogP contribution in [0.2, 0.25) is 0 Å². The number of rotatable bonds is 2. The number of hydrogen-bond donors (Lipinski definition) is 1. The first-order valence-electron chi connectivity index (χ1n) is 6.05. The van der Waals surface area contributed by atoms with Gasteiger partial charge in [0.1, 0.15) is 5.65 Å². The number of nitrogens with zero attached hydrogens (tertiary/aromatic N) is 2. The Bertz CT molecular complexity index is 585. The Morgan fingerprint density at radius 3 is 2.89 bits per heavy atom. The molecule has 94 valence electrons. The molecule has 0 aliphatic carbocycles. The molecule has 1 N–H and O–H groups in total. The number of carbonyl (C=O) groups is 1. The van der Waals surface area contributed by atoms with Crippen LogP contribution < -0.4 is 0 Å². The fraction of sp³-hybridized carbons (Fsp3) is 0.385. The zero-order valence-electron chi connectivity index (χ0n) is 9.87. The molecule has 18 heavy (non-hydrogen) atoms. The molecule has 0 aromatic carbocycles. The first-order valence-corrected chi connectivity index (χ1v) is 6.05. The molecule has 0 unspecified atom stereocenters. The molecular formula is C13H14N2O3. The van der Waals surface area contributed by atoms with E-state index in [1.54, 1.807) is 10.6 Å². The average molecular weight is 246 g/mol. The van der Waals surface area contributed by atoms with Gasteiger partial charge in [0.25, 0.3) is 0 Å². The third-order valence-corrected chi connectivity index (χ3v) is 3.37. The highest BCUT2D eigenvalue weighted by molar-refractivity contribution is 5.88. The minimum atomic E-state index is -0.921. The second-order valence-electron chi connectivity index (χ2n) is 4.47. The highest BCUT2D eigenvalue weighted by atomic mass is 16.5. The fourth-order valence-corrected chi connectivity index (χ4v) is 2.48. The molecule has 3 rings (SSSR count). The van der Waals surface area contributed by atoms with Crippen molar-refractivity contribution in [1.29, 1.82) is 0 Å². The summed E-state index contributed by atoms with van der Waals surface area (Å²) in [5.41, 5.74) is 1.67. The maximum Gasteiger partial charge on any atom is 0.354 e. The summed E-state index contributed by atoms with van der Waals surface area (Å²) in [5, 5.41) is 9.39. The van der Waals surface area contributed by atoms with Crippen LogP contribution in [0.5, 0.6) is 0 Å². The van der Waals surface area contributed by atoms with Crippen molar-refractivity contribution >= 4 is 11.6 Å². The topological polar surface area (TPSA) is 63.8 Å². The van der Waals surface area contributed by atoms with E-state index in [4.69, 9.17) is 4.74 Å². The molecule has 2 aromatic rings. The third kappa shape index (κ3) is 1.76. The monoisotopic (exact) mass is 246 g/mol. The van der Waals surface area contributed by atoms with Crippen LogP contribution in [-0.2, 0) is 4.74 Å². The number of carboxylic acid groups (broad SMARTS) is 1. The second-order valence-corrected chi connectivity index (χ2v) is 4.47. The SMILES string of the molecule is O=C(O)c1c(C2CCOCC2)nc2ccccn12. The van der Waals surface area contributed by atoms with Crippen molar-refractivity contribution in [1.82, 2.24) is 9.38 Å². The molecule has 1 aliphatic heterocycles. The van der Waals surface area contributed by atoms with E-state index >= 15 is 0 Å². The molecule has 0 spiro atoms. The van der Waals surface area contributed by atoms with Crippen molar-refractivity contribution in [2.45, 2.75) is 18.8 Å². The summed E-state index contributed by atoms with van der Waals surface area (Å²) >= 11 is 0. The van der Waals surface area contributed by atoms with Crippen LogP contribution in [0.4, 0.5) is 0 Å². The number of pyridine rings is 1. The maximum atomic E-state index is 11.4. The van der Waals surface area contributed by atoms with E-state index in [0.29, 0.717) is 24.6 Å². The van der Waals surface area contributed by atoms with Crippen molar-refractivity contribution in [3.8, 4) is 0 Å². The Morgan fingerprint density at radius 2 is 2.17 bits per heavy atom. The van der Waals surface area contributed by atoms with Gasteiger partial charge in [-0.3, -0.25) is 4.40 Å². The maximum absolute atomic E-state index is 11.4. The van der Waals surface area contributed by atoms with Gasteiger partial charge in [0.2, 0.25) is 0 Å². The first-order chi connectivity index (χ1) is 8.77. The molecule has 0 atom stereocenters. The van der Waals surface area contributed by atoms with Crippen LogP contribution in [0.15, 0.2) is 24.4 Å². The van der Waals surface area contributed by atoms with E-state index in [0.717, 1.165) is 12.8 Å². The van der Waals surface area contributed by atoms with E-state index < -0.39 is 5.97 Å². The van der Waals surface area contributed by atoms with Crippen molar-refractivity contribution in [2.24, 2.45) is 0 Å². The van der Waals surface area contributed by atoms with E-state index in [-0.39, 0.29) is 11.6 Å². The number of fused-ring (bicyclic) bond motifs is 1. The number of ether oxygens (including phenoxy) is 1. The molecule has 1 saturated heterocycles. The molecule has 0 amide bonds. The summed E-state index contributed by atoms with van der Waals surface area (Å²) in [6, 6.07) is 5.51. The Balaban J connectivity index is 2.14. The second kappa shape index (κ2) is 4.42. The highest BCUT2D eigenvalue weighted by Gasteiger charge is 2.26. The molecule has 2 aromatic heterocycles. The quantitative estimate of drug-likeness (QED) is 0.879. The lowest BCUT2D eigenvalue weighted by Gasteiger charge is -2.20. The zero-order chi connectivity index (χ0) is 12.5.